The van der Waals surface area contributed by atoms with Gasteiger partial charge in [0.1, 0.15) is 5.52 Å². The predicted molar refractivity (Wildman–Crippen MR) is 104 cm³/mol. The molecule has 8 heteroatoms. The van der Waals surface area contributed by atoms with Crippen LogP contribution >= 0.6 is 0 Å². The molecule has 0 radical (unpaired) electrons. The van der Waals surface area contributed by atoms with Crippen molar-refractivity contribution in [2.75, 3.05) is 19.6 Å². The Hall–Kier alpha value is -3.29. The Bertz CT molecular complexity index is 1000. The Kier molecular flexibility index (Phi) is 5.01. The van der Waals surface area contributed by atoms with Crippen LogP contribution in [-0.4, -0.2) is 56.1 Å². The van der Waals surface area contributed by atoms with Crippen molar-refractivity contribution in [2.45, 2.75) is 25.8 Å². The van der Waals surface area contributed by atoms with E-state index in [-0.39, 0.29) is 17.7 Å². The van der Waals surface area contributed by atoms with Gasteiger partial charge in [-0.05, 0) is 18.6 Å². The van der Waals surface area contributed by atoms with E-state index in [1.807, 2.05) is 23.1 Å². The number of nitrogens with zero attached hydrogens (tertiary/aromatic N) is 5. The summed E-state index contributed by atoms with van der Waals surface area (Å²) in [7, 11) is 0. The van der Waals surface area contributed by atoms with E-state index in [4.69, 9.17) is 5.10 Å². The number of likely N-dealkylation sites (tertiary alicyclic amines) is 1. The molecule has 144 valence electrons. The topological polar surface area (TPSA) is 93.0 Å². The van der Waals surface area contributed by atoms with Crippen molar-refractivity contribution in [1.82, 2.24) is 30.0 Å². The molecule has 1 aliphatic rings. The van der Waals surface area contributed by atoms with Gasteiger partial charge in [-0.3, -0.25) is 9.59 Å². The number of hydrogen-bond donors (Lipinski definition) is 1. The van der Waals surface area contributed by atoms with E-state index < -0.39 is 0 Å². The van der Waals surface area contributed by atoms with Gasteiger partial charge in [0.15, 0.2) is 5.65 Å². The van der Waals surface area contributed by atoms with E-state index in [0.29, 0.717) is 30.8 Å². The maximum atomic E-state index is 12.2. The first kappa shape index (κ1) is 18.1. The van der Waals surface area contributed by atoms with Gasteiger partial charge in [-0.2, -0.15) is 5.10 Å². The molecule has 1 saturated heterocycles. The lowest BCUT2D eigenvalue weighted by atomic mass is 10.0. The lowest BCUT2D eigenvalue weighted by Gasteiger charge is -2.12. The fourth-order valence-corrected chi connectivity index (χ4v) is 3.59. The fourth-order valence-electron chi connectivity index (χ4n) is 3.59. The molecular weight excluding hydrogens is 356 g/mol. The van der Waals surface area contributed by atoms with Crippen molar-refractivity contribution in [3.8, 4) is 0 Å². The molecule has 2 aromatic heterocycles. The molecular formula is C20H22N6O2. The van der Waals surface area contributed by atoms with Crippen LogP contribution in [0, 0.1) is 0 Å². The number of rotatable bonds is 5. The number of carbonyl (C=O) groups is 2. The first-order chi connectivity index (χ1) is 13.6. The molecule has 1 fully saturated rings. The summed E-state index contributed by atoms with van der Waals surface area (Å²) in [6.45, 7) is 3.92. The van der Waals surface area contributed by atoms with Crippen molar-refractivity contribution < 1.29 is 9.59 Å². The summed E-state index contributed by atoms with van der Waals surface area (Å²) in [6, 6.07) is 9.11. The number of fused-ring (bicyclic) bond motifs is 1. The third-order valence-corrected chi connectivity index (χ3v) is 5.06. The van der Waals surface area contributed by atoms with Crippen LogP contribution in [-0.2, 0) is 11.3 Å². The molecule has 1 unspecified atom stereocenters. The zero-order chi connectivity index (χ0) is 19.5. The van der Waals surface area contributed by atoms with Crippen molar-refractivity contribution in [3.63, 3.8) is 0 Å². The summed E-state index contributed by atoms with van der Waals surface area (Å²) in [5, 5.41) is 7.65. The molecule has 28 heavy (non-hydrogen) atoms. The minimum Gasteiger partial charge on any atom is -0.350 e. The Morgan fingerprint density at radius 2 is 1.96 bits per heavy atom. The van der Waals surface area contributed by atoms with Crippen LogP contribution in [0.3, 0.4) is 0 Å². The van der Waals surface area contributed by atoms with E-state index >= 15 is 0 Å². The number of amides is 2. The molecule has 3 aromatic rings. The van der Waals surface area contributed by atoms with Crippen LogP contribution < -0.4 is 5.32 Å². The summed E-state index contributed by atoms with van der Waals surface area (Å²) >= 11 is 0. The first-order valence-corrected chi connectivity index (χ1v) is 9.39. The smallest absolute Gasteiger partial charge is 0.251 e. The van der Waals surface area contributed by atoms with Gasteiger partial charge in [0.2, 0.25) is 5.91 Å². The Labute approximate surface area is 162 Å². The van der Waals surface area contributed by atoms with Crippen LogP contribution in [0.15, 0.2) is 42.7 Å². The number of aromatic nitrogens is 4. The summed E-state index contributed by atoms with van der Waals surface area (Å²) in [6.07, 6.45) is 4.17. The monoisotopic (exact) mass is 378 g/mol. The van der Waals surface area contributed by atoms with Crippen molar-refractivity contribution >= 4 is 23.0 Å². The summed E-state index contributed by atoms with van der Waals surface area (Å²) < 4.78 is 1.79. The van der Waals surface area contributed by atoms with Crippen LogP contribution in [0.5, 0.6) is 0 Å². The second kappa shape index (κ2) is 7.75. The Morgan fingerprint density at radius 1 is 1.18 bits per heavy atom. The van der Waals surface area contributed by atoms with Gasteiger partial charge in [0.25, 0.3) is 5.91 Å². The normalized spacial score (nSPS) is 16.5. The molecule has 0 saturated carbocycles. The van der Waals surface area contributed by atoms with E-state index in [0.717, 1.165) is 24.2 Å². The number of carbonyl (C=O) groups excluding carboxylic acids is 2. The maximum absolute atomic E-state index is 12.2. The molecule has 2 amide bonds. The van der Waals surface area contributed by atoms with Crippen LogP contribution in [0.25, 0.3) is 11.2 Å². The third kappa shape index (κ3) is 3.58. The first-order valence-electron chi connectivity index (χ1n) is 9.39. The van der Waals surface area contributed by atoms with Crippen LogP contribution in [0.2, 0.25) is 0 Å². The zero-order valence-electron chi connectivity index (χ0n) is 15.7. The molecule has 1 aromatic carbocycles. The molecule has 1 N–H and O–H groups in total. The van der Waals surface area contributed by atoms with E-state index in [9.17, 15) is 9.59 Å². The van der Waals surface area contributed by atoms with E-state index in [2.05, 4.69) is 15.3 Å². The molecule has 0 aliphatic carbocycles. The highest BCUT2D eigenvalue weighted by molar-refractivity contribution is 5.94. The maximum Gasteiger partial charge on any atom is 0.251 e. The molecule has 0 spiro atoms. The SMILES string of the molecule is CC(=O)N1CCC(c2nn(CCNC(=O)c3ccccc3)c3nccnc23)C1. The summed E-state index contributed by atoms with van der Waals surface area (Å²) in [4.78, 5) is 34.6. The molecule has 1 atom stereocenters. The lowest BCUT2D eigenvalue weighted by molar-refractivity contribution is -0.127. The van der Waals surface area contributed by atoms with Crippen molar-refractivity contribution in [2.24, 2.45) is 0 Å². The third-order valence-electron chi connectivity index (χ3n) is 5.06. The highest BCUT2D eigenvalue weighted by Gasteiger charge is 2.30. The molecule has 4 rings (SSSR count). The predicted octanol–water partition coefficient (Wildman–Crippen LogP) is 1.59. The van der Waals surface area contributed by atoms with Gasteiger partial charge in [-0.25, -0.2) is 14.6 Å². The number of nitrogens with one attached hydrogen (secondary N) is 1. The zero-order valence-corrected chi connectivity index (χ0v) is 15.7. The van der Waals surface area contributed by atoms with Gasteiger partial charge >= 0.3 is 0 Å². The van der Waals surface area contributed by atoms with Crippen molar-refractivity contribution in [1.29, 1.82) is 0 Å². The fraction of sp³-hybridized carbons (Fsp3) is 0.350. The highest BCUT2D eigenvalue weighted by atomic mass is 16.2. The highest BCUT2D eigenvalue weighted by Crippen LogP contribution is 2.30. The van der Waals surface area contributed by atoms with Gasteiger partial charge in [-0.15, -0.1) is 0 Å². The van der Waals surface area contributed by atoms with Gasteiger partial charge < -0.3 is 10.2 Å². The van der Waals surface area contributed by atoms with Crippen molar-refractivity contribution in [3.05, 3.63) is 54.0 Å². The van der Waals surface area contributed by atoms with E-state index in [1.54, 1.807) is 36.1 Å². The van der Waals surface area contributed by atoms with Crippen LogP contribution in [0.4, 0.5) is 0 Å². The minimum absolute atomic E-state index is 0.0842. The molecule has 1 aliphatic heterocycles. The number of hydrogen-bond acceptors (Lipinski definition) is 5. The standard InChI is InChI=1S/C20H22N6O2/c1-14(27)25-11-7-16(13-25)17-18-19(22-9-8-21-18)26(24-17)12-10-23-20(28)15-5-3-2-4-6-15/h2-6,8-9,16H,7,10-13H2,1H3,(H,23,28). The average molecular weight is 378 g/mol. The second-order valence-corrected chi connectivity index (χ2v) is 6.91. The Balaban J connectivity index is 1.49. The van der Waals surface area contributed by atoms with E-state index in [1.165, 1.54) is 0 Å². The summed E-state index contributed by atoms with van der Waals surface area (Å²) in [5.74, 6) is 0.125. The second-order valence-electron chi connectivity index (χ2n) is 6.91. The molecule has 8 nitrogen and oxygen atoms in total. The molecule has 0 bridgehead atoms. The van der Waals surface area contributed by atoms with Gasteiger partial charge in [0.05, 0.1) is 12.2 Å². The average Bonchev–Trinajstić information content (AvgIpc) is 3.34. The van der Waals surface area contributed by atoms with Gasteiger partial charge in [0, 0.05) is 50.4 Å². The minimum atomic E-state index is -0.115. The molecule has 3 heterocycles. The Morgan fingerprint density at radius 3 is 2.71 bits per heavy atom. The lowest BCUT2D eigenvalue weighted by Crippen LogP contribution is -2.27. The quantitative estimate of drug-likeness (QED) is 0.728. The summed E-state index contributed by atoms with van der Waals surface area (Å²) in [5.41, 5.74) is 2.98. The van der Waals surface area contributed by atoms with Gasteiger partial charge in [-0.1, -0.05) is 18.2 Å². The number of benzene rings is 1. The largest absolute Gasteiger partial charge is 0.350 e. The van der Waals surface area contributed by atoms with Crippen LogP contribution in [0.1, 0.15) is 35.3 Å².